The minimum absolute atomic E-state index is 0.813. The fraction of sp³-hybridized carbons (Fsp3) is 0.214. The average molecular weight is 307 g/mol. The number of pyridine rings is 1. The van der Waals surface area contributed by atoms with Crippen LogP contribution in [-0.4, -0.2) is 19.1 Å². The second kappa shape index (κ2) is 5.87. The van der Waals surface area contributed by atoms with Gasteiger partial charge in [-0.25, -0.2) is 4.98 Å². The molecule has 4 heteroatoms. The molecule has 18 heavy (non-hydrogen) atoms. The Morgan fingerprint density at radius 2 is 1.89 bits per heavy atom. The molecule has 0 atom stereocenters. The summed E-state index contributed by atoms with van der Waals surface area (Å²) in [6.07, 6.45) is 0. The van der Waals surface area contributed by atoms with Gasteiger partial charge in [0.1, 0.15) is 16.2 Å². The Morgan fingerprint density at radius 3 is 2.50 bits per heavy atom. The monoisotopic (exact) mass is 306 g/mol. The Morgan fingerprint density at radius 1 is 1.17 bits per heavy atom. The van der Waals surface area contributed by atoms with Gasteiger partial charge in [-0.2, -0.15) is 0 Å². The quantitative estimate of drug-likeness (QED) is 0.809. The number of rotatable bonds is 4. The molecule has 1 heterocycles. The Kier molecular flexibility index (Phi) is 4.20. The highest BCUT2D eigenvalue weighted by molar-refractivity contribution is 9.10. The summed E-state index contributed by atoms with van der Waals surface area (Å²) in [7, 11) is 3.70. The van der Waals surface area contributed by atoms with Crippen molar-refractivity contribution in [1.29, 1.82) is 0 Å². The van der Waals surface area contributed by atoms with Gasteiger partial charge in [-0.1, -0.05) is 18.2 Å². The van der Waals surface area contributed by atoms with Crippen molar-refractivity contribution in [2.75, 3.05) is 19.1 Å². The molecule has 0 aliphatic carbocycles. The van der Waals surface area contributed by atoms with Crippen LogP contribution in [0.25, 0.3) is 0 Å². The molecule has 1 aromatic heterocycles. The second-order valence-corrected chi connectivity index (χ2v) is 4.84. The normalized spacial score (nSPS) is 10.2. The van der Waals surface area contributed by atoms with E-state index in [1.165, 1.54) is 5.56 Å². The first-order chi connectivity index (χ1) is 8.69. The molecule has 0 radical (unpaired) electrons. The maximum Gasteiger partial charge on any atom is 0.129 e. The highest BCUT2D eigenvalue weighted by atomic mass is 79.9. The maximum absolute atomic E-state index is 5.14. The average Bonchev–Trinajstić information content (AvgIpc) is 2.39. The predicted octanol–water partition coefficient (Wildman–Crippen LogP) is 3.49. The molecule has 94 valence electrons. The van der Waals surface area contributed by atoms with Crippen molar-refractivity contribution in [3.05, 3.63) is 52.6 Å². The van der Waals surface area contributed by atoms with Gasteiger partial charge in [0.25, 0.3) is 0 Å². The number of nitrogens with zero attached hydrogens (tertiary/aromatic N) is 2. The molecule has 0 saturated heterocycles. The van der Waals surface area contributed by atoms with Gasteiger partial charge in [0, 0.05) is 13.6 Å². The molecule has 0 unspecified atom stereocenters. The van der Waals surface area contributed by atoms with Crippen LogP contribution in [0.15, 0.2) is 47.1 Å². The fourth-order valence-corrected chi connectivity index (χ4v) is 2.03. The molecule has 2 rings (SSSR count). The summed E-state index contributed by atoms with van der Waals surface area (Å²) in [5.41, 5.74) is 1.22. The Balaban J connectivity index is 2.08. The number of benzene rings is 1. The number of halogens is 1. The van der Waals surface area contributed by atoms with Crippen LogP contribution < -0.4 is 9.64 Å². The summed E-state index contributed by atoms with van der Waals surface area (Å²) < 4.78 is 5.99. The van der Waals surface area contributed by atoms with Gasteiger partial charge < -0.3 is 9.64 Å². The lowest BCUT2D eigenvalue weighted by Crippen LogP contribution is -2.17. The lowest BCUT2D eigenvalue weighted by atomic mass is 10.2. The van der Waals surface area contributed by atoms with Crippen molar-refractivity contribution < 1.29 is 4.74 Å². The van der Waals surface area contributed by atoms with E-state index in [2.05, 4.69) is 37.9 Å². The van der Waals surface area contributed by atoms with E-state index in [9.17, 15) is 0 Å². The minimum atomic E-state index is 0.813. The molecular weight excluding hydrogens is 292 g/mol. The standard InChI is InChI=1S/C14H15BrN2O/c1-17(14-5-3-4-13(15)16-14)10-11-6-8-12(18-2)9-7-11/h3-9H,10H2,1-2H3. The summed E-state index contributed by atoms with van der Waals surface area (Å²) >= 11 is 3.38. The first-order valence-electron chi connectivity index (χ1n) is 5.65. The van der Waals surface area contributed by atoms with Crippen LogP contribution in [0, 0.1) is 0 Å². The van der Waals surface area contributed by atoms with Crippen molar-refractivity contribution in [2.45, 2.75) is 6.54 Å². The van der Waals surface area contributed by atoms with Crippen LogP contribution in [-0.2, 0) is 6.54 Å². The van der Waals surface area contributed by atoms with Gasteiger partial charge in [-0.3, -0.25) is 0 Å². The molecule has 0 saturated carbocycles. The summed E-state index contributed by atoms with van der Waals surface area (Å²) in [6.45, 7) is 0.813. The van der Waals surface area contributed by atoms with Gasteiger partial charge in [0.05, 0.1) is 7.11 Å². The number of ether oxygens (including phenoxy) is 1. The molecule has 0 aliphatic heterocycles. The van der Waals surface area contributed by atoms with Gasteiger partial charge in [0.2, 0.25) is 0 Å². The van der Waals surface area contributed by atoms with Gasteiger partial charge >= 0.3 is 0 Å². The van der Waals surface area contributed by atoms with E-state index in [1.807, 2.05) is 37.4 Å². The lowest BCUT2D eigenvalue weighted by molar-refractivity contribution is 0.414. The summed E-state index contributed by atoms with van der Waals surface area (Å²) in [5.74, 6) is 1.82. The molecule has 3 nitrogen and oxygen atoms in total. The zero-order chi connectivity index (χ0) is 13.0. The van der Waals surface area contributed by atoms with Crippen molar-refractivity contribution in [1.82, 2.24) is 4.98 Å². The Labute approximate surface area is 116 Å². The molecule has 0 aliphatic rings. The zero-order valence-corrected chi connectivity index (χ0v) is 12.0. The molecule has 0 bridgehead atoms. The Bertz CT molecular complexity index is 513. The summed E-state index contributed by atoms with van der Waals surface area (Å²) in [6, 6.07) is 14.0. The van der Waals surface area contributed by atoms with Gasteiger partial charge in [0.15, 0.2) is 0 Å². The first kappa shape index (κ1) is 12.9. The van der Waals surface area contributed by atoms with Crippen molar-refractivity contribution in [3.63, 3.8) is 0 Å². The first-order valence-corrected chi connectivity index (χ1v) is 6.45. The van der Waals surface area contributed by atoms with Crippen LogP contribution in [0.4, 0.5) is 5.82 Å². The molecule has 1 aromatic carbocycles. The van der Waals surface area contributed by atoms with E-state index < -0.39 is 0 Å². The van der Waals surface area contributed by atoms with E-state index in [4.69, 9.17) is 4.74 Å². The number of hydrogen-bond acceptors (Lipinski definition) is 3. The summed E-state index contributed by atoms with van der Waals surface area (Å²) in [5, 5.41) is 0. The highest BCUT2D eigenvalue weighted by Gasteiger charge is 2.04. The lowest BCUT2D eigenvalue weighted by Gasteiger charge is -2.18. The van der Waals surface area contributed by atoms with Crippen LogP contribution in [0.1, 0.15) is 5.56 Å². The third-order valence-corrected chi connectivity index (χ3v) is 3.11. The van der Waals surface area contributed by atoms with Gasteiger partial charge in [-0.15, -0.1) is 0 Å². The van der Waals surface area contributed by atoms with Gasteiger partial charge in [-0.05, 0) is 45.8 Å². The molecule has 2 aromatic rings. The molecule has 0 N–H and O–H groups in total. The minimum Gasteiger partial charge on any atom is -0.497 e. The number of methoxy groups -OCH3 is 1. The van der Waals surface area contributed by atoms with E-state index in [1.54, 1.807) is 7.11 Å². The maximum atomic E-state index is 5.14. The smallest absolute Gasteiger partial charge is 0.129 e. The molecule has 0 spiro atoms. The van der Waals surface area contributed by atoms with Crippen molar-refractivity contribution >= 4 is 21.7 Å². The largest absolute Gasteiger partial charge is 0.497 e. The highest BCUT2D eigenvalue weighted by Crippen LogP contribution is 2.17. The molecule has 0 fully saturated rings. The summed E-state index contributed by atoms with van der Waals surface area (Å²) in [4.78, 5) is 6.52. The zero-order valence-electron chi connectivity index (χ0n) is 10.4. The SMILES string of the molecule is COc1ccc(CN(C)c2cccc(Br)n2)cc1. The van der Waals surface area contributed by atoms with Crippen molar-refractivity contribution in [3.8, 4) is 5.75 Å². The van der Waals surface area contributed by atoms with E-state index in [-0.39, 0.29) is 0 Å². The van der Waals surface area contributed by atoms with Crippen LogP contribution in [0.2, 0.25) is 0 Å². The second-order valence-electron chi connectivity index (χ2n) is 4.02. The third-order valence-electron chi connectivity index (χ3n) is 2.67. The van der Waals surface area contributed by atoms with E-state index in [0.717, 1.165) is 22.7 Å². The van der Waals surface area contributed by atoms with Crippen LogP contribution >= 0.6 is 15.9 Å². The van der Waals surface area contributed by atoms with Crippen LogP contribution in [0.3, 0.4) is 0 Å². The number of aromatic nitrogens is 1. The number of anilines is 1. The Hall–Kier alpha value is -1.55. The number of hydrogen-bond donors (Lipinski definition) is 0. The van der Waals surface area contributed by atoms with E-state index >= 15 is 0 Å². The van der Waals surface area contributed by atoms with Crippen LogP contribution in [0.5, 0.6) is 5.75 Å². The van der Waals surface area contributed by atoms with Crippen molar-refractivity contribution in [2.24, 2.45) is 0 Å². The predicted molar refractivity (Wildman–Crippen MR) is 77.0 cm³/mol. The molecular formula is C14H15BrN2O. The topological polar surface area (TPSA) is 25.4 Å². The third kappa shape index (κ3) is 3.23. The molecule has 0 amide bonds. The fourth-order valence-electron chi connectivity index (χ4n) is 1.70. The van der Waals surface area contributed by atoms with E-state index in [0.29, 0.717) is 0 Å².